The zero-order chi connectivity index (χ0) is 14.0. The lowest BCUT2D eigenvalue weighted by atomic mass is 10.2. The van der Waals surface area contributed by atoms with Gasteiger partial charge in [0, 0.05) is 22.7 Å². The van der Waals surface area contributed by atoms with Crippen molar-refractivity contribution in [1.29, 1.82) is 0 Å². The van der Waals surface area contributed by atoms with Crippen molar-refractivity contribution in [3.05, 3.63) is 44.8 Å². The molecule has 19 heavy (non-hydrogen) atoms. The Kier molecular flexibility index (Phi) is 4.36. The van der Waals surface area contributed by atoms with E-state index in [1.165, 1.54) is 30.7 Å². The number of ether oxygens (including phenoxy) is 1. The van der Waals surface area contributed by atoms with Crippen molar-refractivity contribution in [2.24, 2.45) is 5.14 Å². The van der Waals surface area contributed by atoms with Gasteiger partial charge in [-0.05, 0) is 33.4 Å². The van der Waals surface area contributed by atoms with Crippen LogP contribution in [-0.4, -0.2) is 20.5 Å². The molecule has 0 radical (unpaired) electrons. The topological polar surface area (TPSA) is 82.3 Å². The van der Waals surface area contributed by atoms with E-state index in [0.717, 1.165) is 4.88 Å². The van der Waals surface area contributed by atoms with Gasteiger partial charge >= 0.3 is 0 Å². The van der Waals surface area contributed by atoms with Crippen LogP contribution >= 0.6 is 27.3 Å². The second kappa shape index (κ2) is 5.68. The fourth-order valence-electron chi connectivity index (χ4n) is 1.66. The first kappa shape index (κ1) is 14.6. The van der Waals surface area contributed by atoms with Gasteiger partial charge in [-0.2, -0.15) is 0 Å². The van der Waals surface area contributed by atoms with Gasteiger partial charge in [-0.1, -0.05) is 6.07 Å². The molecule has 0 aromatic carbocycles. The van der Waals surface area contributed by atoms with Crippen molar-refractivity contribution in [3.8, 4) is 0 Å². The van der Waals surface area contributed by atoms with Crippen molar-refractivity contribution < 1.29 is 13.2 Å². The molecule has 2 heterocycles. The predicted molar refractivity (Wildman–Crippen MR) is 76.5 cm³/mol. The van der Waals surface area contributed by atoms with E-state index in [0.29, 0.717) is 4.47 Å². The minimum absolute atomic E-state index is 0.0397. The molecule has 0 aliphatic carbocycles. The van der Waals surface area contributed by atoms with E-state index >= 15 is 0 Å². The summed E-state index contributed by atoms with van der Waals surface area (Å²) in [6, 6.07) is 5.15. The number of aromatic nitrogens is 1. The zero-order valence-electron chi connectivity index (χ0n) is 9.91. The lowest BCUT2D eigenvalue weighted by molar-refractivity contribution is 0.133. The second-order valence-electron chi connectivity index (χ2n) is 3.71. The summed E-state index contributed by atoms with van der Waals surface area (Å²) in [6.07, 6.45) is 0.963. The molecule has 0 aliphatic heterocycles. The maximum Gasteiger partial charge on any atom is 0.240 e. The SMILES string of the molecule is COC(c1cccs1)c1ncc(Br)cc1S(N)(=O)=O. The molecule has 8 heteroatoms. The zero-order valence-corrected chi connectivity index (χ0v) is 13.1. The third-order valence-electron chi connectivity index (χ3n) is 2.44. The summed E-state index contributed by atoms with van der Waals surface area (Å²) in [5, 5.41) is 7.12. The standard InChI is InChI=1S/C11H11BrN2O3S2/c1-17-11(8-3-2-4-18-8)10-9(19(13,15)16)5-7(12)6-14-10/h2-6,11H,1H3,(H2,13,15,16). The summed E-state index contributed by atoms with van der Waals surface area (Å²) in [4.78, 5) is 4.97. The van der Waals surface area contributed by atoms with Crippen LogP contribution in [0.25, 0.3) is 0 Å². The Morgan fingerprint density at radius 1 is 1.53 bits per heavy atom. The van der Waals surface area contributed by atoms with Gasteiger partial charge in [0.1, 0.15) is 11.0 Å². The first-order valence-corrected chi connectivity index (χ1v) is 8.40. The molecule has 0 spiro atoms. The van der Waals surface area contributed by atoms with Gasteiger partial charge in [-0.25, -0.2) is 13.6 Å². The van der Waals surface area contributed by atoms with Crippen LogP contribution in [0.3, 0.4) is 0 Å². The summed E-state index contributed by atoms with van der Waals surface area (Å²) >= 11 is 4.65. The number of sulfonamides is 1. The Balaban J connectivity index is 2.61. The Hall–Kier alpha value is -0.800. The van der Waals surface area contributed by atoms with Crippen LogP contribution in [0.15, 0.2) is 39.1 Å². The molecule has 0 bridgehead atoms. The van der Waals surface area contributed by atoms with E-state index < -0.39 is 16.1 Å². The number of hydrogen-bond acceptors (Lipinski definition) is 5. The summed E-state index contributed by atoms with van der Waals surface area (Å²) in [6.45, 7) is 0. The van der Waals surface area contributed by atoms with Gasteiger partial charge in [0.15, 0.2) is 0 Å². The highest BCUT2D eigenvalue weighted by atomic mass is 79.9. The van der Waals surface area contributed by atoms with Crippen LogP contribution in [0, 0.1) is 0 Å². The number of pyridine rings is 1. The number of methoxy groups -OCH3 is 1. The molecular weight excluding hydrogens is 352 g/mol. The van der Waals surface area contributed by atoms with Crippen molar-refractivity contribution >= 4 is 37.3 Å². The fraction of sp³-hybridized carbons (Fsp3) is 0.182. The van der Waals surface area contributed by atoms with Gasteiger partial charge < -0.3 is 4.74 Å². The summed E-state index contributed by atoms with van der Waals surface area (Å²) in [5.74, 6) is 0. The van der Waals surface area contributed by atoms with Crippen LogP contribution in [0.4, 0.5) is 0 Å². The molecule has 2 rings (SSSR count). The molecule has 0 saturated carbocycles. The smallest absolute Gasteiger partial charge is 0.240 e. The highest BCUT2D eigenvalue weighted by molar-refractivity contribution is 9.10. The number of nitrogens with two attached hydrogens (primary N) is 1. The van der Waals surface area contributed by atoms with Gasteiger partial charge in [0.2, 0.25) is 10.0 Å². The Morgan fingerprint density at radius 2 is 2.26 bits per heavy atom. The van der Waals surface area contributed by atoms with Crippen molar-refractivity contribution in [2.75, 3.05) is 7.11 Å². The van der Waals surface area contributed by atoms with Crippen LogP contribution in [0.2, 0.25) is 0 Å². The minimum Gasteiger partial charge on any atom is -0.370 e. The molecule has 2 aromatic heterocycles. The third-order valence-corrected chi connectivity index (χ3v) is 4.73. The van der Waals surface area contributed by atoms with Gasteiger partial charge in [0.05, 0.1) is 5.69 Å². The molecule has 102 valence electrons. The molecule has 2 aromatic rings. The van der Waals surface area contributed by atoms with Gasteiger partial charge in [0.25, 0.3) is 0 Å². The number of thiophene rings is 1. The highest BCUT2D eigenvalue weighted by Gasteiger charge is 2.25. The third kappa shape index (κ3) is 3.21. The normalized spacial score (nSPS) is 13.4. The number of hydrogen-bond donors (Lipinski definition) is 1. The van der Waals surface area contributed by atoms with E-state index in [1.807, 2.05) is 17.5 Å². The molecular formula is C11H11BrN2O3S2. The van der Waals surface area contributed by atoms with Gasteiger partial charge in [-0.3, -0.25) is 4.98 Å². The summed E-state index contributed by atoms with van der Waals surface area (Å²) in [5.41, 5.74) is 0.288. The van der Waals surface area contributed by atoms with Crippen LogP contribution in [-0.2, 0) is 14.8 Å². The monoisotopic (exact) mass is 362 g/mol. The van der Waals surface area contributed by atoms with E-state index in [4.69, 9.17) is 9.88 Å². The first-order chi connectivity index (χ1) is 8.93. The molecule has 1 atom stereocenters. The van der Waals surface area contributed by atoms with Gasteiger partial charge in [-0.15, -0.1) is 11.3 Å². The van der Waals surface area contributed by atoms with Crippen LogP contribution < -0.4 is 5.14 Å². The van der Waals surface area contributed by atoms with E-state index in [-0.39, 0.29) is 10.6 Å². The first-order valence-electron chi connectivity index (χ1n) is 5.18. The lowest BCUT2D eigenvalue weighted by Crippen LogP contribution is -2.18. The lowest BCUT2D eigenvalue weighted by Gasteiger charge is -2.16. The maximum absolute atomic E-state index is 11.7. The summed E-state index contributed by atoms with van der Waals surface area (Å²) < 4.78 is 29.2. The largest absolute Gasteiger partial charge is 0.370 e. The number of rotatable bonds is 4. The molecule has 0 amide bonds. The van der Waals surface area contributed by atoms with E-state index in [2.05, 4.69) is 20.9 Å². The Labute approximate surface area is 123 Å². The molecule has 2 N–H and O–H groups in total. The van der Waals surface area contributed by atoms with E-state index in [9.17, 15) is 8.42 Å². The quantitative estimate of drug-likeness (QED) is 0.904. The molecule has 0 aliphatic rings. The van der Waals surface area contributed by atoms with Crippen molar-refractivity contribution in [3.63, 3.8) is 0 Å². The predicted octanol–water partition coefficient (Wildman–Crippen LogP) is 2.29. The highest BCUT2D eigenvalue weighted by Crippen LogP contribution is 2.32. The van der Waals surface area contributed by atoms with Crippen molar-refractivity contribution in [2.45, 2.75) is 11.0 Å². The average Bonchev–Trinajstić information content (AvgIpc) is 2.84. The van der Waals surface area contributed by atoms with Crippen LogP contribution in [0.1, 0.15) is 16.7 Å². The minimum atomic E-state index is -3.87. The number of primary sulfonamides is 1. The maximum atomic E-state index is 11.7. The van der Waals surface area contributed by atoms with Crippen molar-refractivity contribution in [1.82, 2.24) is 4.98 Å². The number of halogens is 1. The average molecular weight is 363 g/mol. The molecule has 5 nitrogen and oxygen atoms in total. The molecule has 0 fully saturated rings. The van der Waals surface area contributed by atoms with E-state index in [1.54, 1.807) is 0 Å². The fourth-order valence-corrected chi connectivity index (χ4v) is 3.69. The Morgan fingerprint density at radius 3 is 2.79 bits per heavy atom. The molecule has 0 saturated heterocycles. The van der Waals surface area contributed by atoms with Crippen LogP contribution in [0.5, 0.6) is 0 Å². The molecule has 1 unspecified atom stereocenters. The number of nitrogens with zero attached hydrogens (tertiary/aromatic N) is 1. The second-order valence-corrected chi connectivity index (χ2v) is 7.14. The Bertz CT molecular complexity index is 671. The summed E-state index contributed by atoms with van der Waals surface area (Å²) in [7, 11) is -2.37.